The van der Waals surface area contributed by atoms with Crippen LogP contribution in [0.5, 0.6) is 0 Å². The van der Waals surface area contributed by atoms with Crippen LogP contribution in [0, 0.1) is 0 Å². The second kappa shape index (κ2) is 9.73. The lowest BCUT2D eigenvalue weighted by atomic mass is 10.3. The molecule has 1 atom stereocenters. The third-order valence-corrected chi connectivity index (χ3v) is 6.20. The van der Waals surface area contributed by atoms with Crippen LogP contribution in [-0.2, 0) is 0 Å². The molecule has 0 aliphatic carbocycles. The fraction of sp³-hybridized carbons (Fsp3) is 0.667. The van der Waals surface area contributed by atoms with Crippen LogP contribution in [0.15, 0.2) is 23.3 Å². The van der Waals surface area contributed by atoms with Crippen LogP contribution in [0.4, 0.5) is 0 Å². The van der Waals surface area contributed by atoms with Crippen LogP contribution in [0.1, 0.15) is 41.0 Å². The van der Waals surface area contributed by atoms with Gasteiger partial charge < -0.3 is 0 Å². The Morgan fingerprint density at radius 3 is 2.47 bits per heavy atom. The smallest absolute Gasteiger partial charge is 0.0313 e. The molecule has 0 radical (unpaired) electrons. The molecule has 0 aromatic heterocycles. The number of allylic oxidation sites excluding steroid dienone is 2. The normalized spacial score (nSPS) is 13.8. The SMILES string of the molecule is CCC=C(C)CSSSC(C)C=C(C)C. The quantitative estimate of drug-likeness (QED) is 0.327. The van der Waals surface area contributed by atoms with Gasteiger partial charge in [-0.15, -0.1) is 0 Å². The third kappa shape index (κ3) is 10.8. The summed E-state index contributed by atoms with van der Waals surface area (Å²) in [5.41, 5.74) is 2.90. The fourth-order valence-electron chi connectivity index (χ4n) is 1.11. The van der Waals surface area contributed by atoms with Crippen molar-refractivity contribution in [2.45, 2.75) is 46.3 Å². The van der Waals surface area contributed by atoms with Gasteiger partial charge in [0.25, 0.3) is 0 Å². The van der Waals surface area contributed by atoms with Gasteiger partial charge in [-0.1, -0.05) is 51.8 Å². The molecule has 0 spiro atoms. The molecule has 0 saturated heterocycles. The molecule has 0 heterocycles. The van der Waals surface area contributed by atoms with Crippen molar-refractivity contribution in [3.8, 4) is 0 Å². The van der Waals surface area contributed by atoms with Gasteiger partial charge in [-0.2, -0.15) is 0 Å². The van der Waals surface area contributed by atoms with E-state index >= 15 is 0 Å². The molecule has 0 aromatic carbocycles. The highest BCUT2D eigenvalue weighted by molar-refractivity contribution is 9.09. The summed E-state index contributed by atoms with van der Waals surface area (Å²) in [6.07, 6.45) is 5.77. The van der Waals surface area contributed by atoms with E-state index in [0.717, 1.165) is 12.2 Å². The topological polar surface area (TPSA) is 0 Å². The molecule has 1 unspecified atom stereocenters. The molecule has 0 rings (SSSR count). The Bertz CT molecular complexity index is 215. The first-order chi connectivity index (χ1) is 7.06. The summed E-state index contributed by atoms with van der Waals surface area (Å²) in [7, 11) is 5.79. The molecule has 0 aliphatic rings. The van der Waals surface area contributed by atoms with Crippen LogP contribution in [0.25, 0.3) is 0 Å². The van der Waals surface area contributed by atoms with Gasteiger partial charge in [0.05, 0.1) is 0 Å². The second-order valence-electron chi connectivity index (χ2n) is 3.83. The predicted molar refractivity (Wildman–Crippen MR) is 80.6 cm³/mol. The highest BCUT2D eigenvalue weighted by Crippen LogP contribution is 2.39. The summed E-state index contributed by atoms with van der Waals surface area (Å²) in [6, 6.07) is 0. The molecule has 0 amide bonds. The molecule has 0 aromatic rings. The lowest BCUT2D eigenvalue weighted by Gasteiger charge is -2.05. The van der Waals surface area contributed by atoms with E-state index in [-0.39, 0.29) is 0 Å². The highest BCUT2D eigenvalue weighted by atomic mass is 33.5. The highest BCUT2D eigenvalue weighted by Gasteiger charge is 1.99. The maximum atomic E-state index is 2.31. The standard InChI is InChI=1S/C12H22S3/c1-6-7-11(4)9-13-15-14-12(5)8-10(2)3/h7-8,12H,6,9H2,1-5H3. The van der Waals surface area contributed by atoms with Crippen molar-refractivity contribution in [3.05, 3.63) is 23.3 Å². The minimum absolute atomic E-state index is 0.614. The molecule has 0 fully saturated rings. The van der Waals surface area contributed by atoms with E-state index in [1.807, 2.05) is 31.4 Å². The van der Waals surface area contributed by atoms with Crippen molar-refractivity contribution in [3.63, 3.8) is 0 Å². The monoisotopic (exact) mass is 262 g/mol. The Hall–Kier alpha value is 0.530. The average Bonchev–Trinajstić information content (AvgIpc) is 2.12. The zero-order valence-electron chi connectivity index (χ0n) is 10.4. The molecule has 0 bridgehead atoms. The number of hydrogen-bond donors (Lipinski definition) is 0. The Morgan fingerprint density at radius 1 is 1.27 bits per heavy atom. The van der Waals surface area contributed by atoms with E-state index in [1.54, 1.807) is 0 Å². The molecule has 15 heavy (non-hydrogen) atoms. The van der Waals surface area contributed by atoms with Crippen LogP contribution in [0.3, 0.4) is 0 Å². The molecule has 88 valence electrons. The maximum Gasteiger partial charge on any atom is 0.0313 e. The van der Waals surface area contributed by atoms with Gasteiger partial charge in [0.15, 0.2) is 0 Å². The van der Waals surface area contributed by atoms with Crippen molar-refractivity contribution in [2.75, 3.05) is 5.75 Å². The van der Waals surface area contributed by atoms with E-state index < -0.39 is 0 Å². The Labute approximate surface area is 107 Å². The predicted octanol–water partition coefficient (Wildman–Crippen LogP) is 5.73. The second-order valence-corrected chi connectivity index (χ2v) is 8.35. The van der Waals surface area contributed by atoms with Gasteiger partial charge in [0.1, 0.15) is 0 Å². The Morgan fingerprint density at radius 2 is 1.93 bits per heavy atom. The average molecular weight is 263 g/mol. The van der Waals surface area contributed by atoms with E-state index in [0.29, 0.717) is 5.25 Å². The summed E-state index contributed by atoms with van der Waals surface area (Å²) in [5.74, 6) is 1.15. The third-order valence-electron chi connectivity index (χ3n) is 1.65. The molecule has 0 nitrogen and oxygen atoms in total. The molecule has 3 heteroatoms. The van der Waals surface area contributed by atoms with Crippen LogP contribution in [-0.4, -0.2) is 11.0 Å². The molecule has 0 saturated carbocycles. The lowest BCUT2D eigenvalue weighted by molar-refractivity contribution is 1.18. The first kappa shape index (κ1) is 15.5. The molecular formula is C12H22S3. The van der Waals surface area contributed by atoms with Gasteiger partial charge in [-0.05, 0) is 43.9 Å². The van der Waals surface area contributed by atoms with Crippen molar-refractivity contribution in [1.29, 1.82) is 0 Å². The zero-order valence-corrected chi connectivity index (χ0v) is 12.8. The zero-order chi connectivity index (χ0) is 11.7. The van der Waals surface area contributed by atoms with Crippen LogP contribution < -0.4 is 0 Å². The summed E-state index contributed by atoms with van der Waals surface area (Å²) < 4.78 is 0. The number of hydrogen-bond acceptors (Lipinski definition) is 3. The van der Waals surface area contributed by atoms with Crippen molar-refractivity contribution in [1.82, 2.24) is 0 Å². The minimum atomic E-state index is 0.614. The number of rotatable bonds is 7. The van der Waals surface area contributed by atoms with E-state index in [4.69, 9.17) is 0 Å². The van der Waals surface area contributed by atoms with Crippen molar-refractivity contribution >= 4 is 31.4 Å². The molecule has 0 N–H and O–H groups in total. The van der Waals surface area contributed by atoms with E-state index in [2.05, 4.69) is 46.8 Å². The summed E-state index contributed by atoms with van der Waals surface area (Å²) in [6.45, 7) is 11.0. The maximum absolute atomic E-state index is 2.31. The summed E-state index contributed by atoms with van der Waals surface area (Å²) in [5, 5.41) is 0.614. The molecular weight excluding hydrogens is 240 g/mol. The Kier molecular flexibility index (Phi) is 10.1. The molecule has 0 aliphatic heterocycles. The van der Waals surface area contributed by atoms with Crippen molar-refractivity contribution in [2.24, 2.45) is 0 Å². The van der Waals surface area contributed by atoms with Crippen LogP contribution >= 0.6 is 31.4 Å². The first-order valence-corrected chi connectivity index (χ1v) is 9.03. The lowest BCUT2D eigenvalue weighted by Crippen LogP contribution is -1.87. The van der Waals surface area contributed by atoms with Crippen molar-refractivity contribution < 1.29 is 0 Å². The van der Waals surface area contributed by atoms with Crippen LogP contribution in [0.2, 0.25) is 0 Å². The van der Waals surface area contributed by atoms with Gasteiger partial charge >= 0.3 is 0 Å². The van der Waals surface area contributed by atoms with Gasteiger partial charge in [-0.25, -0.2) is 0 Å². The minimum Gasteiger partial charge on any atom is -0.0850 e. The largest absolute Gasteiger partial charge is 0.0850 e. The first-order valence-electron chi connectivity index (χ1n) is 5.31. The van der Waals surface area contributed by atoms with E-state index in [9.17, 15) is 0 Å². The van der Waals surface area contributed by atoms with E-state index in [1.165, 1.54) is 11.1 Å². The van der Waals surface area contributed by atoms with Gasteiger partial charge in [-0.3, -0.25) is 0 Å². The Balaban J connectivity index is 3.55. The summed E-state index contributed by atoms with van der Waals surface area (Å²) in [4.78, 5) is 0. The summed E-state index contributed by atoms with van der Waals surface area (Å²) >= 11 is 0. The van der Waals surface area contributed by atoms with Gasteiger partial charge in [0.2, 0.25) is 0 Å². The van der Waals surface area contributed by atoms with Gasteiger partial charge in [0, 0.05) is 11.0 Å². The fourth-order valence-corrected chi connectivity index (χ4v) is 5.43.